The van der Waals surface area contributed by atoms with Crippen LogP contribution >= 0.6 is 11.6 Å². The molecule has 0 spiro atoms. The maximum absolute atomic E-state index is 6.33. The maximum atomic E-state index is 6.33. The highest BCUT2D eigenvalue weighted by molar-refractivity contribution is 6.30. The molecule has 0 saturated heterocycles. The Hall–Kier alpha value is -1.52. The van der Waals surface area contributed by atoms with Gasteiger partial charge in [-0.1, -0.05) is 23.7 Å². The molecule has 4 nitrogen and oxygen atoms in total. The van der Waals surface area contributed by atoms with Crippen LogP contribution in [0.5, 0.6) is 5.75 Å². The minimum absolute atomic E-state index is 0.190. The van der Waals surface area contributed by atoms with Crippen LogP contribution in [0.15, 0.2) is 18.2 Å². The number of methoxy groups -OCH3 is 1. The number of halogens is 1. The largest absolute Gasteiger partial charge is 0.496 e. The SMILES string of the molecule is CNC(Cc1c(C)nn(C)c1Cl)c1ccc(OC)c(C)c1. The molecule has 1 heterocycles. The normalized spacial score (nSPS) is 12.5. The van der Waals surface area contributed by atoms with E-state index >= 15 is 0 Å². The molecule has 0 aliphatic carbocycles. The van der Waals surface area contributed by atoms with Crippen LogP contribution in [0.1, 0.15) is 28.4 Å². The molecule has 1 unspecified atom stereocenters. The first-order valence-corrected chi connectivity index (χ1v) is 7.35. The van der Waals surface area contributed by atoms with E-state index in [1.165, 1.54) is 5.56 Å². The first-order chi connectivity index (χ1) is 9.97. The van der Waals surface area contributed by atoms with E-state index in [4.69, 9.17) is 16.3 Å². The molecule has 0 bridgehead atoms. The van der Waals surface area contributed by atoms with Crippen LogP contribution in [0.3, 0.4) is 0 Å². The fourth-order valence-corrected chi connectivity index (χ4v) is 2.87. The van der Waals surface area contributed by atoms with Gasteiger partial charge in [-0.3, -0.25) is 4.68 Å². The molecule has 2 aromatic rings. The molecule has 1 aromatic carbocycles. The molecular formula is C16H22ClN3O. The number of aryl methyl sites for hydroxylation is 3. The summed E-state index contributed by atoms with van der Waals surface area (Å²) in [5.41, 5.74) is 4.42. The van der Waals surface area contributed by atoms with Crippen molar-refractivity contribution < 1.29 is 4.74 Å². The van der Waals surface area contributed by atoms with Crippen molar-refractivity contribution >= 4 is 11.6 Å². The van der Waals surface area contributed by atoms with Crippen LogP contribution in [0.2, 0.25) is 5.15 Å². The summed E-state index contributed by atoms with van der Waals surface area (Å²) >= 11 is 6.33. The predicted molar refractivity (Wildman–Crippen MR) is 86.2 cm³/mol. The number of hydrogen-bond donors (Lipinski definition) is 1. The molecule has 1 N–H and O–H groups in total. The highest BCUT2D eigenvalue weighted by atomic mass is 35.5. The minimum atomic E-state index is 0.190. The van der Waals surface area contributed by atoms with Crippen molar-refractivity contribution in [3.8, 4) is 5.75 Å². The number of hydrogen-bond acceptors (Lipinski definition) is 3. The zero-order valence-electron chi connectivity index (χ0n) is 13.2. The van der Waals surface area contributed by atoms with Crippen molar-refractivity contribution in [3.63, 3.8) is 0 Å². The summed E-state index contributed by atoms with van der Waals surface area (Å²) in [6.45, 7) is 4.05. The molecule has 0 amide bonds. The second kappa shape index (κ2) is 6.50. The number of aromatic nitrogens is 2. The summed E-state index contributed by atoms with van der Waals surface area (Å²) in [5.74, 6) is 0.907. The fourth-order valence-electron chi connectivity index (χ4n) is 2.61. The second-order valence-electron chi connectivity index (χ2n) is 5.25. The van der Waals surface area contributed by atoms with Crippen molar-refractivity contribution in [2.75, 3.05) is 14.2 Å². The van der Waals surface area contributed by atoms with Gasteiger partial charge in [0, 0.05) is 18.7 Å². The molecule has 0 aliphatic rings. The van der Waals surface area contributed by atoms with E-state index in [1.807, 2.05) is 27.1 Å². The summed E-state index contributed by atoms with van der Waals surface area (Å²) in [4.78, 5) is 0. The Morgan fingerprint density at radius 1 is 1.38 bits per heavy atom. The van der Waals surface area contributed by atoms with Crippen LogP contribution in [-0.2, 0) is 13.5 Å². The average molecular weight is 308 g/mol. The Kier molecular flexibility index (Phi) is 4.91. The summed E-state index contributed by atoms with van der Waals surface area (Å²) in [5, 5.41) is 8.44. The average Bonchev–Trinajstić information content (AvgIpc) is 2.70. The molecular weight excluding hydrogens is 286 g/mol. The number of ether oxygens (including phenoxy) is 1. The van der Waals surface area contributed by atoms with Gasteiger partial charge in [0.1, 0.15) is 10.9 Å². The maximum Gasteiger partial charge on any atom is 0.130 e. The van der Waals surface area contributed by atoms with E-state index in [2.05, 4.69) is 29.5 Å². The van der Waals surface area contributed by atoms with Gasteiger partial charge in [-0.25, -0.2) is 0 Å². The molecule has 0 radical (unpaired) electrons. The Labute approximate surface area is 131 Å². The lowest BCUT2D eigenvalue weighted by atomic mass is 9.97. The second-order valence-corrected chi connectivity index (χ2v) is 5.61. The van der Waals surface area contributed by atoms with E-state index < -0.39 is 0 Å². The lowest BCUT2D eigenvalue weighted by Gasteiger charge is -2.18. The lowest BCUT2D eigenvalue weighted by molar-refractivity contribution is 0.411. The van der Waals surface area contributed by atoms with Crippen LogP contribution in [0, 0.1) is 13.8 Å². The van der Waals surface area contributed by atoms with Crippen molar-refractivity contribution in [1.82, 2.24) is 15.1 Å². The zero-order valence-corrected chi connectivity index (χ0v) is 14.0. The highest BCUT2D eigenvalue weighted by Crippen LogP contribution is 2.28. The van der Waals surface area contributed by atoms with Gasteiger partial charge < -0.3 is 10.1 Å². The molecule has 0 fully saturated rings. The molecule has 5 heteroatoms. The van der Waals surface area contributed by atoms with E-state index in [9.17, 15) is 0 Å². The van der Waals surface area contributed by atoms with Gasteiger partial charge in [-0.05, 0) is 44.5 Å². The molecule has 0 aliphatic heterocycles. The first kappa shape index (κ1) is 15.9. The van der Waals surface area contributed by atoms with Gasteiger partial charge in [0.2, 0.25) is 0 Å². The van der Waals surface area contributed by atoms with Crippen LogP contribution in [0.25, 0.3) is 0 Å². The predicted octanol–water partition coefficient (Wildman–Crippen LogP) is 3.20. The number of likely N-dealkylation sites (N-methyl/N-ethyl adjacent to an activating group) is 1. The smallest absolute Gasteiger partial charge is 0.130 e. The van der Waals surface area contributed by atoms with Crippen molar-refractivity contribution in [3.05, 3.63) is 45.7 Å². The number of nitrogens with zero attached hydrogens (tertiary/aromatic N) is 2. The first-order valence-electron chi connectivity index (χ1n) is 6.97. The third-order valence-corrected chi connectivity index (χ3v) is 4.32. The van der Waals surface area contributed by atoms with E-state index in [1.54, 1.807) is 11.8 Å². The van der Waals surface area contributed by atoms with Crippen molar-refractivity contribution in [2.24, 2.45) is 7.05 Å². The Morgan fingerprint density at radius 2 is 2.10 bits per heavy atom. The van der Waals surface area contributed by atoms with Crippen molar-refractivity contribution in [2.45, 2.75) is 26.3 Å². The standard InChI is InChI=1S/C16H22ClN3O/c1-10-8-12(6-7-15(10)21-5)14(18-3)9-13-11(2)19-20(4)16(13)17/h6-8,14,18H,9H2,1-5H3. The molecule has 0 saturated carbocycles. The third kappa shape index (κ3) is 3.22. The van der Waals surface area contributed by atoms with Crippen LogP contribution < -0.4 is 10.1 Å². The van der Waals surface area contributed by atoms with Gasteiger partial charge in [-0.15, -0.1) is 0 Å². The molecule has 114 valence electrons. The van der Waals surface area contributed by atoms with Crippen LogP contribution in [-0.4, -0.2) is 23.9 Å². The molecule has 2 rings (SSSR count). The topological polar surface area (TPSA) is 39.1 Å². The Morgan fingerprint density at radius 3 is 2.57 bits per heavy atom. The zero-order chi connectivity index (χ0) is 15.6. The minimum Gasteiger partial charge on any atom is -0.496 e. The number of benzene rings is 1. The van der Waals surface area contributed by atoms with Crippen molar-refractivity contribution in [1.29, 1.82) is 0 Å². The van der Waals surface area contributed by atoms with Gasteiger partial charge in [0.05, 0.1) is 12.8 Å². The van der Waals surface area contributed by atoms with Gasteiger partial charge in [0.15, 0.2) is 0 Å². The summed E-state index contributed by atoms with van der Waals surface area (Å²) in [7, 11) is 5.52. The van der Waals surface area contributed by atoms with Gasteiger partial charge in [-0.2, -0.15) is 5.10 Å². The quantitative estimate of drug-likeness (QED) is 0.922. The monoisotopic (exact) mass is 307 g/mol. The van der Waals surface area contributed by atoms with Gasteiger partial charge in [0.25, 0.3) is 0 Å². The third-order valence-electron chi connectivity index (χ3n) is 3.85. The van der Waals surface area contributed by atoms with E-state index in [0.29, 0.717) is 5.15 Å². The Balaban J connectivity index is 2.30. The van der Waals surface area contributed by atoms with Gasteiger partial charge >= 0.3 is 0 Å². The fraction of sp³-hybridized carbons (Fsp3) is 0.438. The summed E-state index contributed by atoms with van der Waals surface area (Å²) in [6.07, 6.45) is 0.806. The van der Waals surface area contributed by atoms with E-state index in [-0.39, 0.29) is 6.04 Å². The highest BCUT2D eigenvalue weighted by Gasteiger charge is 2.18. The molecule has 21 heavy (non-hydrogen) atoms. The molecule has 1 atom stereocenters. The molecule has 1 aromatic heterocycles. The number of nitrogens with one attached hydrogen (secondary N) is 1. The lowest BCUT2D eigenvalue weighted by Crippen LogP contribution is -2.19. The summed E-state index contributed by atoms with van der Waals surface area (Å²) in [6, 6.07) is 6.44. The van der Waals surface area contributed by atoms with E-state index in [0.717, 1.165) is 29.0 Å². The summed E-state index contributed by atoms with van der Waals surface area (Å²) < 4.78 is 7.04. The Bertz CT molecular complexity index is 637. The van der Waals surface area contributed by atoms with Crippen LogP contribution in [0.4, 0.5) is 0 Å². The number of rotatable bonds is 5.